The highest BCUT2D eigenvalue weighted by atomic mass is 16.5. The van der Waals surface area contributed by atoms with E-state index in [2.05, 4.69) is 60.1 Å². The number of fused-ring (bicyclic) bond motifs is 1. The summed E-state index contributed by atoms with van der Waals surface area (Å²) >= 11 is 0. The van der Waals surface area contributed by atoms with E-state index in [1.54, 1.807) is 0 Å². The smallest absolute Gasteiger partial charge is 0.224 e. The van der Waals surface area contributed by atoms with Crippen LogP contribution in [0.1, 0.15) is 40.9 Å². The van der Waals surface area contributed by atoms with Crippen LogP contribution in [-0.4, -0.2) is 28.6 Å². The quantitative estimate of drug-likeness (QED) is 0.286. The van der Waals surface area contributed by atoms with E-state index in [4.69, 9.17) is 9.72 Å². The molecule has 0 aliphatic rings. The molecule has 5 nitrogen and oxygen atoms in total. The van der Waals surface area contributed by atoms with Crippen LogP contribution in [-0.2, 0) is 24.2 Å². The maximum atomic E-state index is 12.4. The number of carbonyl (C=O) groups is 1. The molecule has 0 fully saturated rings. The zero-order valence-electron chi connectivity index (χ0n) is 21.0. The van der Waals surface area contributed by atoms with Crippen molar-refractivity contribution in [3.63, 3.8) is 0 Å². The summed E-state index contributed by atoms with van der Waals surface area (Å²) in [5.74, 6) is 2.08. The summed E-state index contributed by atoms with van der Waals surface area (Å²) in [5.41, 5.74) is 6.81. The van der Waals surface area contributed by atoms with E-state index in [0.717, 1.165) is 59.5 Å². The molecule has 0 bridgehead atoms. The van der Waals surface area contributed by atoms with Gasteiger partial charge in [-0.05, 0) is 68.5 Å². The van der Waals surface area contributed by atoms with Gasteiger partial charge in [-0.3, -0.25) is 4.79 Å². The Labute approximate surface area is 208 Å². The van der Waals surface area contributed by atoms with E-state index in [9.17, 15) is 4.79 Å². The van der Waals surface area contributed by atoms with Crippen molar-refractivity contribution >= 4 is 16.9 Å². The van der Waals surface area contributed by atoms with E-state index in [1.807, 2.05) is 37.3 Å². The second-order valence-corrected chi connectivity index (χ2v) is 9.20. The lowest BCUT2D eigenvalue weighted by Gasteiger charge is -2.12. The number of rotatable bonds is 11. The van der Waals surface area contributed by atoms with E-state index >= 15 is 0 Å². The summed E-state index contributed by atoms with van der Waals surface area (Å²) in [6, 6.07) is 22.6. The molecule has 1 amide bonds. The number of hydrogen-bond acceptors (Lipinski definition) is 3. The number of amides is 1. The summed E-state index contributed by atoms with van der Waals surface area (Å²) in [5, 5.41) is 3.07. The van der Waals surface area contributed by atoms with E-state index in [1.165, 1.54) is 11.1 Å². The molecule has 0 unspecified atom stereocenters. The van der Waals surface area contributed by atoms with Crippen LogP contribution in [0.15, 0.2) is 66.7 Å². The molecule has 4 rings (SSSR count). The molecule has 5 heteroatoms. The van der Waals surface area contributed by atoms with Gasteiger partial charge in [-0.25, -0.2) is 4.98 Å². The number of para-hydroxylation sites is 2. The van der Waals surface area contributed by atoms with E-state index in [-0.39, 0.29) is 5.91 Å². The molecule has 0 aliphatic carbocycles. The van der Waals surface area contributed by atoms with Gasteiger partial charge in [-0.2, -0.15) is 0 Å². The lowest BCUT2D eigenvalue weighted by Crippen LogP contribution is -2.26. The van der Waals surface area contributed by atoms with Crippen molar-refractivity contribution in [3.05, 3.63) is 94.8 Å². The van der Waals surface area contributed by atoms with Crippen LogP contribution in [0.25, 0.3) is 11.0 Å². The number of benzene rings is 3. The lowest BCUT2D eigenvalue weighted by molar-refractivity contribution is -0.120. The van der Waals surface area contributed by atoms with Gasteiger partial charge in [0.25, 0.3) is 0 Å². The molecule has 4 aromatic rings. The molecule has 3 aromatic carbocycles. The number of carbonyl (C=O) groups excluding carboxylic acids is 1. The van der Waals surface area contributed by atoms with Gasteiger partial charge in [0.2, 0.25) is 5.91 Å². The SMILES string of the molecule is Cc1ccc(OCCCn2c(CCCNC(=O)Cc3ccccc3C)nc3ccccc32)c(C)c1. The van der Waals surface area contributed by atoms with Crippen LogP contribution in [0.2, 0.25) is 0 Å². The number of aryl methyl sites for hydroxylation is 5. The number of hydrogen-bond donors (Lipinski definition) is 1. The monoisotopic (exact) mass is 469 g/mol. The summed E-state index contributed by atoms with van der Waals surface area (Å²) in [4.78, 5) is 17.3. The highest BCUT2D eigenvalue weighted by molar-refractivity contribution is 5.79. The molecule has 0 atom stereocenters. The van der Waals surface area contributed by atoms with Crippen LogP contribution in [0.3, 0.4) is 0 Å². The van der Waals surface area contributed by atoms with Gasteiger partial charge in [0.15, 0.2) is 0 Å². The second kappa shape index (κ2) is 11.7. The van der Waals surface area contributed by atoms with Crippen LogP contribution in [0.4, 0.5) is 0 Å². The Morgan fingerprint density at radius 2 is 1.74 bits per heavy atom. The van der Waals surface area contributed by atoms with Gasteiger partial charge in [0.1, 0.15) is 11.6 Å². The molecule has 0 saturated carbocycles. The summed E-state index contributed by atoms with van der Waals surface area (Å²) in [6.07, 6.45) is 2.98. The molecule has 35 heavy (non-hydrogen) atoms. The molecular formula is C30H35N3O2. The van der Waals surface area contributed by atoms with Crippen molar-refractivity contribution in [1.82, 2.24) is 14.9 Å². The number of ether oxygens (including phenoxy) is 1. The van der Waals surface area contributed by atoms with Crippen LogP contribution >= 0.6 is 0 Å². The minimum atomic E-state index is 0.0661. The number of aromatic nitrogens is 2. The van der Waals surface area contributed by atoms with Gasteiger partial charge in [-0.15, -0.1) is 0 Å². The molecule has 0 radical (unpaired) electrons. The largest absolute Gasteiger partial charge is 0.493 e. The molecule has 1 N–H and O–H groups in total. The first-order chi connectivity index (χ1) is 17.0. The molecule has 0 spiro atoms. The number of nitrogens with zero attached hydrogens (tertiary/aromatic N) is 2. The Bertz CT molecular complexity index is 1290. The molecule has 0 aliphatic heterocycles. The molecule has 1 heterocycles. The first-order valence-electron chi connectivity index (χ1n) is 12.5. The van der Waals surface area contributed by atoms with Crippen LogP contribution in [0, 0.1) is 20.8 Å². The summed E-state index contributed by atoms with van der Waals surface area (Å²) in [7, 11) is 0. The summed E-state index contributed by atoms with van der Waals surface area (Å²) < 4.78 is 8.34. The van der Waals surface area contributed by atoms with Gasteiger partial charge in [0.05, 0.1) is 24.1 Å². The predicted molar refractivity (Wildman–Crippen MR) is 142 cm³/mol. The Morgan fingerprint density at radius 1 is 0.943 bits per heavy atom. The van der Waals surface area contributed by atoms with Gasteiger partial charge in [-0.1, -0.05) is 54.1 Å². The fourth-order valence-electron chi connectivity index (χ4n) is 4.45. The Hall–Kier alpha value is -3.60. The van der Waals surface area contributed by atoms with E-state index in [0.29, 0.717) is 19.6 Å². The van der Waals surface area contributed by atoms with Crippen molar-refractivity contribution in [2.45, 2.75) is 53.0 Å². The van der Waals surface area contributed by atoms with Crippen LogP contribution < -0.4 is 10.1 Å². The van der Waals surface area contributed by atoms with E-state index < -0.39 is 0 Å². The van der Waals surface area contributed by atoms with Crippen molar-refractivity contribution in [2.24, 2.45) is 0 Å². The fourth-order valence-corrected chi connectivity index (χ4v) is 4.45. The molecule has 182 valence electrons. The average Bonchev–Trinajstić information content (AvgIpc) is 3.19. The van der Waals surface area contributed by atoms with Crippen molar-refractivity contribution in [1.29, 1.82) is 0 Å². The average molecular weight is 470 g/mol. The normalized spacial score (nSPS) is 11.1. The van der Waals surface area contributed by atoms with Gasteiger partial charge < -0.3 is 14.6 Å². The Kier molecular flexibility index (Phi) is 8.19. The minimum Gasteiger partial charge on any atom is -0.493 e. The van der Waals surface area contributed by atoms with Crippen molar-refractivity contribution in [2.75, 3.05) is 13.2 Å². The standard InChI is InChI=1S/C30H35N3O2/c1-22-15-16-28(24(3)20-22)35-19-9-18-33-27-13-7-6-12-26(27)32-29(33)14-8-17-31-30(34)21-25-11-5-4-10-23(25)2/h4-7,10-13,15-16,20H,8-9,14,17-19,21H2,1-3H3,(H,31,34). The summed E-state index contributed by atoms with van der Waals surface area (Å²) in [6.45, 7) is 8.37. The zero-order valence-corrected chi connectivity index (χ0v) is 21.0. The maximum Gasteiger partial charge on any atom is 0.224 e. The molecular weight excluding hydrogens is 434 g/mol. The fraction of sp³-hybridized carbons (Fsp3) is 0.333. The first kappa shape index (κ1) is 24.5. The third-order valence-corrected chi connectivity index (χ3v) is 6.36. The Morgan fingerprint density at radius 3 is 2.57 bits per heavy atom. The predicted octanol–water partition coefficient (Wildman–Crippen LogP) is 5.72. The van der Waals surface area contributed by atoms with Crippen LogP contribution in [0.5, 0.6) is 5.75 Å². The molecule has 1 aromatic heterocycles. The third kappa shape index (κ3) is 6.50. The zero-order chi connectivity index (χ0) is 24.6. The topological polar surface area (TPSA) is 56.1 Å². The van der Waals surface area contributed by atoms with Crippen molar-refractivity contribution < 1.29 is 9.53 Å². The number of nitrogens with one attached hydrogen (secondary N) is 1. The van der Waals surface area contributed by atoms with Crippen molar-refractivity contribution in [3.8, 4) is 5.75 Å². The minimum absolute atomic E-state index is 0.0661. The number of imidazole rings is 1. The van der Waals surface area contributed by atoms with Gasteiger partial charge in [0, 0.05) is 19.5 Å². The third-order valence-electron chi connectivity index (χ3n) is 6.36. The highest BCUT2D eigenvalue weighted by Crippen LogP contribution is 2.20. The second-order valence-electron chi connectivity index (χ2n) is 9.20. The first-order valence-corrected chi connectivity index (χ1v) is 12.5. The Balaban J connectivity index is 1.30. The maximum absolute atomic E-state index is 12.4. The van der Waals surface area contributed by atoms with Gasteiger partial charge >= 0.3 is 0 Å². The highest BCUT2D eigenvalue weighted by Gasteiger charge is 2.11. The lowest BCUT2D eigenvalue weighted by atomic mass is 10.1. The molecule has 0 saturated heterocycles.